The molecular weight excluding hydrogens is 278 g/mol. The molecule has 0 amide bonds. The molecule has 8 heteroatoms. The molecule has 0 fully saturated rings. The summed E-state index contributed by atoms with van der Waals surface area (Å²) in [5.74, 6) is 0.498. The Bertz CT molecular complexity index is 723. The summed E-state index contributed by atoms with van der Waals surface area (Å²) in [6, 6.07) is 5.13. The minimum Gasteiger partial charge on any atom is -0.398 e. The van der Waals surface area contributed by atoms with E-state index in [1.54, 1.807) is 13.0 Å². The van der Waals surface area contributed by atoms with Gasteiger partial charge in [-0.15, -0.1) is 5.10 Å². The van der Waals surface area contributed by atoms with Crippen LogP contribution in [0.15, 0.2) is 18.2 Å². The van der Waals surface area contributed by atoms with E-state index in [4.69, 9.17) is 5.73 Å². The fraction of sp³-hybridized carbons (Fsp3) is 0.417. The van der Waals surface area contributed by atoms with Gasteiger partial charge in [-0.25, -0.2) is 13.1 Å². The van der Waals surface area contributed by atoms with Crippen LogP contribution in [0.2, 0.25) is 0 Å². The second-order valence-corrected chi connectivity index (χ2v) is 7.09. The highest BCUT2D eigenvalue weighted by atomic mass is 32.2. The fourth-order valence-electron chi connectivity index (χ4n) is 2.07. The summed E-state index contributed by atoms with van der Waals surface area (Å²) < 4.78 is 24.3. The van der Waals surface area contributed by atoms with Crippen LogP contribution in [0.1, 0.15) is 18.5 Å². The van der Waals surface area contributed by atoms with Crippen molar-refractivity contribution in [1.82, 2.24) is 20.2 Å². The van der Waals surface area contributed by atoms with Gasteiger partial charge in [-0.2, -0.15) is 0 Å². The molecule has 7 nitrogen and oxygen atoms in total. The smallest absolute Gasteiger partial charge is 0.182 e. The van der Waals surface area contributed by atoms with E-state index in [0.717, 1.165) is 11.1 Å². The molecule has 0 aliphatic rings. The first-order valence-electron chi connectivity index (χ1n) is 6.10. The lowest BCUT2D eigenvalue weighted by Gasteiger charge is -2.14. The number of nitrogens with zero attached hydrogens (tertiary/aromatic N) is 4. The Morgan fingerprint density at radius 1 is 1.40 bits per heavy atom. The van der Waals surface area contributed by atoms with Crippen molar-refractivity contribution in [1.29, 1.82) is 0 Å². The Labute approximate surface area is 117 Å². The number of nitrogen functional groups attached to an aromatic ring is 1. The first kappa shape index (κ1) is 14.4. The maximum Gasteiger partial charge on any atom is 0.182 e. The van der Waals surface area contributed by atoms with Gasteiger partial charge in [0.25, 0.3) is 0 Å². The van der Waals surface area contributed by atoms with Crippen LogP contribution in [0, 0.1) is 6.92 Å². The number of tetrazole rings is 1. The number of nitrogens with two attached hydrogens (primary N) is 1. The largest absolute Gasteiger partial charge is 0.398 e. The average molecular weight is 295 g/mol. The molecule has 1 unspecified atom stereocenters. The topological polar surface area (TPSA) is 104 Å². The van der Waals surface area contributed by atoms with E-state index in [-0.39, 0.29) is 11.8 Å². The minimum atomic E-state index is -3.11. The SMILES string of the molecule is Cc1c(N)cccc1-c1nnnn1C(C)CS(C)(=O)=O. The van der Waals surface area contributed by atoms with Crippen LogP contribution in [0.5, 0.6) is 0 Å². The van der Waals surface area contributed by atoms with Crippen LogP contribution in [0.3, 0.4) is 0 Å². The Balaban J connectivity index is 2.45. The summed E-state index contributed by atoms with van der Waals surface area (Å²) in [7, 11) is -3.11. The zero-order chi connectivity index (χ0) is 14.9. The van der Waals surface area contributed by atoms with Crippen molar-refractivity contribution in [3.8, 4) is 11.4 Å². The molecule has 2 rings (SSSR count). The summed E-state index contributed by atoms with van der Waals surface area (Å²) in [4.78, 5) is 0. The summed E-state index contributed by atoms with van der Waals surface area (Å²) >= 11 is 0. The van der Waals surface area contributed by atoms with Crippen molar-refractivity contribution in [2.24, 2.45) is 0 Å². The van der Waals surface area contributed by atoms with E-state index in [1.807, 2.05) is 19.1 Å². The van der Waals surface area contributed by atoms with Crippen molar-refractivity contribution < 1.29 is 8.42 Å². The van der Waals surface area contributed by atoms with Crippen molar-refractivity contribution in [3.63, 3.8) is 0 Å². The predicted octanol–water partition coefficient (Wildman–Crippen LogP) is 0.836. The third kappa shape index (κ3) is 2.96. The highest BCUT2D eigenvalue weighted by molar-refractivity contribution is 7.90. The lowest BCUT2D eigenvalue weighted by Crippen LogP contribution is -2.18. The van der Waals surface area contributed by atoms with Gasteiger partial charge >= 0.3 is 0 Å². The molecule has 0 radical (unpaired) electrons. The lowest BCUT2D eigenvalue weighted by molar-refractivity contribution is 0.509. The van der Waals surface area contributed by atoms with E-state index in [2.05, 4.69) is 15.5 Å². The van der Waals surface area contributed by atoms with Crippen LogP contribution in [-0.2, 0) is 9.84 Å². The van der Waals surface area contributed by atoms with E-state index in [1.165, 1.54) is 10.9 Å². The molecule has 1 aromatic heterocycles. The number of hydrogen-bond donors (Lipinski definition) is 1. The average Bonchev–Trinajstić information content (AvgIpc) is 2.79. The fourth-order valence-corrected chi connectivity index (χ4v) is 3.09. The van der Waals surface area contributed by atoms with E-state index >= 15 is 0 Å². The summed E-state index contributed by atoms with van der Waals surface area (Å²) in [6.45, 7) is 3.65. The van der Waals surface area contributed by atoms with Crippen LogP contribution in [0.4, 0.5) is 5.69 Å². The van der Waals surface area contributed by atoms with Crippen molar-refractivity contribution in [2.75, 3.05) is 17.7 Å². The number of aromatic nitrogens is 4. The summed E-state index contributed by atoms with van der Waals surface area (Å²) in [6.07, 6.45) is 1.19. The van der Waals surface area contributed by atoms with Gasteiger partial charge in [0, 0.05) is 17.5 Å². The van der Waals surface area contributed by atoms with Gasteiger partial charge in [-0.05, 0) is 35.9 Å². The highest BCUT2D eigenvalue weighted by Crippen LogP contribution is 2.26. The molecule has 108 valence electrons. The van der Waals surface area contributed by atoms with Gasteiger partial charge < -0.3 is 5.73 Å². The van der Waals surface area contributed by atoms with Crippen LogP contribution in [-0.4, -0.2) is 40.6 Å². The van der Waals surface area contributed by atoms with Crippen LogP contribution < -0.4 is 5.73 Å². The van der Waals surface area contributed by atoms with Gasteiger partial charge in [0.15, 0.2) is 5.82 Å². The maximum absolute atomic E-state index is 11.4. The van der Waals surface area contributed by atoms with Crippen LogP contribution in [0.25, 0.3) is 11.4 Å². The molecule has 0 saturated carbocycles. The molecule has 1 atom stereocenters. The molecule has 1 heterocycles. The monoisotopic (exact) mass is 295 g/mol. The second kappa shape index (κ2) is 5.20. The third-order valence-corrected chi connectivity index (χ3v) is 4.16. The molecule has 0 saturated heterocycles. The standard InChI is InChI=1S/C12H17N5O2S/c1-8(7-20(3,18)19)17-12(14-15-16-17)10-5-4-6-11(13)9(10)2/h4-6,8H,7,13H2,1-3H3. The number of benzene rings is 1. The molecule has 2 aromatic rings. The van der Waals surface area contributed by atoms with Crippen molar-refractivity contribution in [3.05, 3.63) is 23.8 Å². The zero-order valence-corrected chi connectivity index (χ0v) is 12.4. The Morgan fingerprint density at radius 3 is 2.75 bits per heavy atom. The van der Waals surface area contributed by atoms with Gasteiger partial charge in [0.2, 0.25) is 0 Å². The molecular formula is C12H17N5O2S. The van der Waals surface area contributed by atoms with Crippen molar-refractivity contribution >= 4 is 15.5 Å². The Kier molecular flexibility index (Phi) is 3.76. The normalized spacial score (nSPS) is 13.3. The third-order valence-electron chi connectivity index (χ3n) is 3.07. The molecule has 0 spiro atoms. The van der Waals surface area contributed by atoms with E-state index < -0.39 is 9.84 Å². The number of hydrogen-bond acceptors (Lipinski definition) is 6. The predicted molar refractivity (Wildman–Crippen MR) is 76.8 cm³/mol. The minimum absolute atomic E-state index is 0.0214. The molecule has 0 bridgehead atoms. The Morgan fingerprint density at radius 2 is 2.10 bits per heavy atom. The molecule has 2 N–H and O–H groups in total. The van der Waals surface area contributed by atoms with Crippen molar-refractivity contribution in [2.45, 2.75) is 19.9 Å². The summed E-state index contributed by atoms with van der Waals surface area (Å²) in [5.41, 5.74) is 8.20. The quantitative estimate of drug-likeness (QED) is 0.838. The highest BCUT2D eigenvalue weighted by Gasteiger charge is 2.19. The van der Waals surface area contributed by atoms with E-state index in [0.29, 0.717) is 11.5 Å². The number of anilines is 1. The molecule has 0 aliphatic heterocycles. The van der Waals surface area contributed by atoms with E-state index in [9.17, 15) is 8.42 Å². The van der Waals surface area contributed by atoms with Crippen LogP contribution >= 0.6 is 0 Å². The second-order valence-electron chi connectivity index (χ2n) is 4.91. The number of sulfone groups is 1. The molecule has 0 aliphatic carbocycles. The maximum atomic E-state index is 11.4. The molecule has 20 heavy (non-hydrogen) atoms. The van der Waals surface area contributed by atoms with Gasteiger partial charge in [0.05, 0.1) is 11.8 Å². The first-order valence-corrected chi connectivity index (χ1v) is 8.16. The molecule has 1 aromatic carbocycles. The lowest BCUT2D eigenvalue weighted by atomic mass is 10.1. The number of rotatable bonds is 4. The van der Waals surface area contributed by atoms with Gasteiger partial charge in [-0.1, -0.05) is 12.1 Å². The first-order chi connectivity index (χ1) is 9.29. The van der Waals surface area contributed by atoms with Gasteiger partial charge in [0.1, 0.15) is 9.84 Å². The Hall–Kier alpha value is -1.96. The zero-order valence-electron chi connectivity index (χ0n) is 11.6. The summed E-state index contributed by atoms with van der Waals surface area (Å²) in [5, 5.41) is 11.5. The van der Waals surface area contributed by atoms with Gasteiger partial charge in [-0.3, -0.25) is 0 Å².